The second-order valence-corrected chi connectivity index (χ2v) is 5.09. The first kappa shape index (κ1) is 15.5. The van der Waals surface area contributed by atoms with Gasteiger partial charge in [-0.2, -0.15) is 0 Å². The van der Waals surface area contributed by atoms with Gasteiger partial charge in [-0.3, -0.25) is 0 Å². The Labute approximate surface area is 117 Å². The number of hydrogen-bond donors (Lipinski definition) is 0. The summed E-state index contributed by atoms with van der Waals surface area (Å²) < 4.78 is 6.52. The van der Waals surface area contributed by atoms with Gasteiger partial charge < -0.3 is 21.6 Å². The Morgan fingerprint density at radius 1 is 1.17 bits per heavy atom. The second-order valence-electron chi connectivity index (χ2n) is 5.09. The highest BCUT2D eigenvalue weighted by molar-refractivity contribution is 5.13. The van der Waals surface area contributed by atoms with Gasteiger partial charge in [-0.1, -0.05) is 30.3 Å². The molecule has 0 N–H and O–H groups in total. The average Bonchev–Trinajstić information content (AvgIpc) is 3.20. The highest BCUT2D eigenvalue weighted by atomic mass is 35.5. The SMILES string of the molecule is CC[N+](CC)(CCC1CO1)Cc1ccccc1.[Cl-]. The lowest BCUT2D eigenvalue weighted by Crippen LogP contribution is -3.00. The van der Waals surface area contributed by atoms with E-state index in [1.165, 1.54) is 36.1 Å². The van der Waals surface area contributed by atoms with Gasteiger partial charge in [0.1, 0.15) is 6.54 Å². The first-order chi connectivity index (χ1) is 8.28. The van der Waals surface area contributed by atoms with E-state index in [0.29, 0.717) is 6.10 Å². The van der Waals surface area contributed by atoms with Gasteiger partial charge >= 0.3 is 0 Å². The summed E-state index contributed by atoms with van der Waals surface area (Å²) in [4.78, 5) is 0. The zero-order valence-corrected chi connectivity index (χ0v) is 12.2. The minimum atomic E-state index is 0. The number of hydrogen-bond acceptors (Lipinski definition) is 1. The third kappa shape index (κ3) is 4.27. The van der Waals surface area contributed by atoms with Gasteiger partial charge in [-0.05, 0) is 13.8 Å². The van der Waals surface area contributed by atoms with Crippen LogP contribution in [0, 0.1) is 0 Å². The predicted molar refractivity (Wildman–Crippen MR) is 70.7 cm³/mol. The Hall–Kier alpha value is -0.570. The number of quaternary nitrogens is 1. The molecular formula is C15H24ClNO. The van der Waals surface area contributed by atoms with Crippen molar-refractivity contribution in [3.8, 4) is 0 Å². The van der Waals surface area contributed by atoms with Crippen LogP contribution >= 0.6 is 0 Å². The van der Waals surface area contributed by atoms with Crippen LogP contribution in [0.25, 0.3) is 0 Å². The Bertz CT molecular complexity index is 334. The smallest absolute Gasteiger partial charge is 0.104 e. The number of halogens is 1. The van der Waals surface area contributed by atoms with Crippen molar-refractivity contribution in [1.82, 2.24) is 0 Å². The van der Waals surface area contributed by atoms with Gasteiger partial charge in [-0.15, -0.1) is 0 Å². The van der Waals surface area contributed by atoms with Gasteiger partial charge in [0, 0.05) is 12.0 Å². The van der Waals surface area contributed by atoms with E-state index in [9.17, 15) is 0 Å². The van der Waals surface area contributed by atoms with Crippen molar-refractivity contribution < 1.29 is 21.6 Å². The van der Waals surface area contributed by atoms with Crippen molar-refractivity contribution in [2.45, 2.75) is 32.9 Å². The maximum atomic E-state index is 5.33. The van der Waals surface area contributed by atoms with E-state index >= 15 is 0 Å². The molecule has 102 valence electrons. The summed E-state index contributed by atoms with van der Waals surface area (Å²) in [6, 6.07) is 10.9. The van der Waals surface area contributed by atoms with Gasteiger partial charge in [0.25, 0.3) is 0 Å². The normalized spacial score (nSPS) is 18.2. The van der Waals surface area contributed by atoms with Crippen molar-refractivity contribution in [1.29, 1.82) is 0 Å². The van der Waals surface area contributed by atoms with Crippen molar-refractivity contribution in [3.05, 3.63) is 35.9 Å². The molecule has 2 rings (SSSR count). The fourth-order valence-electron chi connectivity index (χ4n) is 2.47. The Morgan fingerprint density at radius 3 is 2.28 bits per heavy atom. The van der Waals surface area contributed by atoms with Gasteiger partial charge in [0.05, 0.1) is 32.3 Å². The van der Waals surface area contributed by atoms with E-state index in [2.05, 4.69) is 44.2 Å². The first-order valence-corrected chi connectivity index (χ1v) is 6.78. The second kappa shape index (κ2) is 7.13. The van der Waals surface area contributed by atoms with Crippen LogP contribution in [0.4, 0.5) is 0 Å². The maximum Gasteiger partial charge on any atom is 0.104 e. The van der Waals surface area contributed by atoms with Crippen LogP contribution in [0.15, 0.2) is 30.3 Å². The quantitative estimate of drug-likeness (QED) is 0.495. The summed E-state index contributed by atoms with van der Waals surface area (Å²) in [6.07, 6.45) is 1.77. The van der Waals surface area contributed by atoms with E-state index in [1.54, 1.807) is 0 Å². The topological polar surface area (TPSA) is 12.5 Å². The number of rotatable bonds is 7. The third-order valence-corrected chi connectivity index (χ3v) is 4.03. The van der Waals surface area contributed by atoms with Gasteiger partial charge in [-0.25, -0.2) is 0 Å². The molecule has 1 aliphatic heterocycles. The largest absolute Gasteiger partial charge is 1.00 e. The first-order valence-electron chi connectivity index (χ1n) is 6.78. The van der Waals surface area contributed by atoms with E-state index in [0.717, 1.165) is 13.2 Å². The highest BCUT2D eigenvalue weighted by Gasteiger charge is 2.29. The molecule has 3 heteroatoms. The van der Waals surface area contributed by atoms with Crippen LogP contribution in [0.3, 0.4) is 0 Å². The van der Waals surface area contributed by atoms with Crippen molar-refractivity contribution in [2.75, 3.05) is 26.2 Å². The molecule has 0 aliphatic carbocycles. The molecule has 1 atom stereocenters. The summed E-state index contributed by atoms with van der Waals surface area (Å²) in [7, 11) is 0. The number of benzene rings is 1. The lowest BCUT2D eigenvalue weighted by atomic mass is 10.1. The van der Waals surface area contributed by atoms with E-state index < -0.39 is 0 Å². The van der Waals surface area contributed by atoms with Crippen LogP contribution in [0.5, 0.6) is 0 Å². The molecule has 1 fully saturated rings. The lowest BCUT2D eigenvalue weighted by Gasteiger charge is -2.37. The van der Waals surface area contributed by atoms with Crippen LogP contribution in [-0.4, -0.2) is 36.8 Å². The van der Waals surface area contributed by atoms with Gasteiger partial charge in [0.2, 0.25) is 0 Å². The van der Waals surface area contributed by atoms with Crippen molar-refractivity contribution >= 4 is 0 Å². The molecular weight excluding hydrogens is 246 g/mol. The van der Waals surface area contributed by atoms with E-state index in [1.807, 2.05) is 0 Å². The summed E-state index contributed by atoms with van der Waals surface area (Å²) in [6.45, 7) is 10.4. The fourth-order valence-corrected chi connectivity index (χ4v) is 2.47. The zero-order chi connectivity index (χ0) is 12.1. The predicted octanol–water partition coefficient (Wildman–Crippen LogP) is -0.164. The molecule has 0 saturated carbocycles. The van der Waals surface area contributed by atoms with Crippen LogP contribution in [-0.2, 0) is 11.3 Å². The van der Waals surface area contributed by atoms with E-state index in [4.69, 9.17) is 4.74 Å². The van der Waals surface area contributed by atoms with E-state index in [-0.39, 0.29) is 12.4 Å². The molecule has 0 radical (unpaired) electrons. The molecule has 0 bridgehead atoms. The molecule has 2 nitrogen and oxygen atoms in total. The molecule has 18 heavy (non-hydrogen) atoms. The summed E-state index contributed by atoms with van der Waals surface area (Å²) in [5, 5.41) is 0. The number of ether oxygens (including phenoxy) is 1. The molecule has 1 saturated heterocycles. The summed E-state index contributed by atoms with van der Waals surface area (Å²) in [5.74, 6) is 0. The molecule has 0 amide bonds. The fraction of sp³-hybridized carbons (Fsp3) is 0.600. The third-order valence-electron chi connectivity index (χ3n) is 4.03. The number of epoxide rings is 1. The van der Waals surface area contributed by atoms with Crippen LogP contribution in [0.1, 0.15) is 25.8 Å². The lowest BCUT2D eigenvalue weighted by molar-refractivity contribution is -0.938. The highest BCUT2D eigenvalue weighted by Crippen LogP contribution is 2.20. The van der Waals surface area contributed by atoms with Crippen LogP contribution < -0.4 is 12.4 Å². The Kier molecular flexibility index (Phi) is 6.13. The molecule has 0 aromatic heterocycles. The number of nitrogens with zero attached hydrogens (tertiary/aromatic N) is 1. The minimum Gasteiger partial charge on any atom is -1.00 e. The van der Waals surface area contributed by atoms with Crippen molar-refractivity contribution in [2.24, 2.45) is 0 Å². The summed E-state index contributed by atoms with van der Waals surface area (Å²) in [5.41, 5.74) is 1.45. The Morgan fingerprint density at radius 2 is 1.78 bits per heavy atom. The molecule has 1 aromatic rings. The standard InChI is InChI=1S/C15H24NO.ClH/c1-3-16(4-2,11-10-15-13-17-15)12-14-8-6-5-7-9-14;/h5-9,15H,3-4,10-13H2,1-2H3;1H/q+1;/p-1. The molecule has 1 heterocycles. The zero-order valence-electron chi connectivity index (χ0n) is 11.4. The van der Waals surface area contributed by atoms with Crippen molar-refractivity contribution in [3.63, 3.8) is 0 Å². The summed E-state index contributed by atoms with van der Waals surface area (Å²) >= 11 is 0. The molecule has 1 unspecified atom stereocenters. The minimum absolute atomic E-state index is 0. The average molecular weight is 270 g/mol. The monoisotopic (exact) mass is 269 g/mol. The van der Waals surface area contributed by atoms with Crippen LogP contribution in [0.2, 0.25) is 0 Å². The molecule has 1 aliphatic rings. The molecule has 1 aromatic carbocycles. The van der Waals surface area contributed by atoms with Gasteiger partial charge in [0.15, 0.2) is 0 Å². The molecule has 0 spiro atoms. The maximum absolute atomic E-state index is 5.33. The Balaban J connectivity index is 0.00000162.